The summed E-state index contributed by atoms with van der Waals surface area (Å²) >= 11 is 1.45. The van der Waals surface area contributed by atoms with Crippen LogP contribution in [0.15, 0.2) is 51.2 Å². The lowest BCUT2D eigenvalue weighted by molar-refractivity contribution is 0.415. The molecule has 0 fully saturated rings. The van der Waals surface area contributed by atoms with E-state index in [1.165, 1.54) is 23.4 Å². The Kier molecular flexibility index (Phi) is 4.94. The minimum absolute atomic E-state index is 0.242. The molecule has 3 heterocycles. The lowest BCUT2D eigenvalue weighted by Crippen LogP contribution is -2.37. The van der Waals surface area contributed by atoms with Gasteiger partial charge in [0.25, 0.3) is 5.56 Å². The fraction of sp³-hybridized carbons (Fsp3) is 0.250. The molecular weight excluding hydrogens is 404 g/mol. The Balaban J connectivity index is 2.13. The van der Waals surface area contributed by atoms with Gasteiger partial charge in [-0.05, 0) is 31.2 Å². The van der Waals surface area contributed by atoms with Gasteiger partial charge in [-0.15, -0.1) is 10.2 Å². The Morgan fingerprint density at radius 1 is 1.10 bits per heavy atom. The van der Waals surface area contributed by atoms with Gasteiger partial charge in [-0.25, -0.2) is 9.78 Å². The normalized spacial score (nSPS) is 11.3. The lowest BCUT2D eigenvalue weighted by Gasteiger charge is -2.12. The first-order chi connectivity index (χ1) is 14.3. The van der Waals surface area contributed by atoms with Crippen molar-refractivity contribution >= 4 is 28.4 Å². The second-order valence-corrected chi connectivity index (χ2v) is 7.90. The van der Waals surface area contributed by atoms with Gasteiger partial charge in [0.2, 0.25) is 0 Å². The molecule has 4 aromatic rings. The van der Waals surface area contributed by atoms with Crippen molar-refractivity contribution in [2.75, 3.05) is 12.9 Å². The highest BCUT2D eigenvalue weighted by Gasteiger charge is 2.21. The number of nitrogens with zero attached hydrogens (tertiary/aromatic N) is 6. The van der Waals surface area contributed by atoms with Gasteiger partial charge >= 0.3 is 5.69 Å². The Labute approximate surface area is 175 Å². The molecule has 10 heteroatoms. The summed E-state index contributed by atoms with van der Waals surface area (Å²) < 4.78 is 9.39. The van der Waals surface area contributed by atoms with Crippen LogP contribution in [0.25, 0.3) is 28.1 Å². The summed E-state index contributed by atoms with van der Waals surface area (Å²) in [6.07, 6.45) is 0. The molecule has 0 aliphatic heterocycles. The van der Waals surface area contributed by atoms with Crippen molar-refractivity contribution < 1.29 is 4.74 Å². The molecule has 0 spiro atoms. The van der Waals surface area contributed by atoms with Crippen LogP contribution in [0.3, 0.4) is 0 Å². The summed E-state index contributed by atoms with van der Waals surface area (Å²) in [5, 5.41) is 9.41. The van der Waals surface area contributed by atoms with E-state index in [9.17, 15) is 9.59 Å². The van der Waals surface area contributed by atoms with Crippen molar-refractivity contribution in [2.45, 2.75) is 12.1 Å². The van der Waals surface area contributed by atoms with Crippen molar-refractivity contribution in [3.63, 3.8) is 0 Å². The number of ether oxygens (including phenoxy) is 1. The Bertz CT molecular complexity index is 1420. The van der Waals surface area contributed by atoms with E-state index in [1.54, 1.807) is 18.6 Å². The molecule has 0 aliphatic carbocycles. The summed E-state index contributed by atoms with van der Waals surface area (Å²) in [5.74, 6) is 1.88. The molecule has 3 aromatic heterocycles. The van der Waals surface area contributed by atoms with E-state index in [2.05, 4.69) is 16.8 Å². The zero-order chi connectivity index (χ0) is 21.6. The molecule has 154 valence electrons. The van der Waals surface area contributed by atoms with Crippen LogP contribution in [0.5, 0.6) is 5.75 Å². The van der Waals surface area contributed by atoms with Gasteiger partial charge in [0, 0.05) is 25.4 Å². The summed E-state index contributed by atoms with van der Waals surface area (Å²) in [5.41, 5.74) is 1.44. The standard InChI is InChI=1S/C20H20N6O3S/c1-11(2)10-30-19-23-22-17-14-16(24(3)20(28)25(4)18(14)27)21-15(26(17)19)12-6-8-13(29-5)9-7-12/h6-9H,1,10H2,2-5H3. The molecule has 0 saturated heterocycles. The topological polar surface area (TPSA) is 96.3 Å². The van der Waals surface area contributed by atoms with E-state index < -0.39 is 11.2 Å². The molecule has 0 amide bonds. The third-order valence-electron chi connectivity index (χ3n) is 4.71. The molecule has 0 bridgehead atoms. The fourth-order valence-corrected chi connectivity index (χ4v) is 3.92. The average Bonchev–Trinajstić information content (AvgIpc) is 3.17. The lowest BCUT2D eigenvalue weighted by atomic mass is 10.2. The predicted molar refractivity (Wildman–Crippen MR) is 116 cm³/mol. The number of benzene rings is 1. The highest BCUT2D eigenvalue weighted by Crippen LogP contribution is 2.29. The molecule has 0 N–H and O–H groups in total. The Morgan fingerprint density at radius 3 is 2.43 bits per heavy atom. The van der Waals surface area contributed by atoms with Gasteiger partial charge < -0.3 is 4.74 Å². The van der Waals surface area contributed by atoms with Crippen LogP contribution in [0.4, 0.5) is 0 Å². The van der Waals surface area contributed by atoms with Crippen LogP contribution in [0.1, 0.15) is 6.92 Å². The third-order valence-corrected chi connectivity index (χ3v) is 5.87. The summed E-state index contributed by atoms with van der Waals surface area (Å²) in [6.45, 7) is 5.86. The first-order valence-electron chi connectivity index (χ1n) is 9.10. The van der Waals surface area contributed by atoms with Crippen molar-refractivity contribution in [1.82, 2.24) is 28.7 Å². The Morgan fingerprint density at radius 2 is 1.80 bits per heavy atom. The van der Waals surface area contributed by atoms with Crippen LogP contribution in [-0.4, -0.2) is 41.6 Å². The third kappa shape index (κ3) is 3.09. The number of rotatable bonds is 5. The zero-order valence-electron chi connectivity index (χ0n) is 17.0. The highest BCUT2D eigenvalue weighted by molar-refractivity contribution is 7.99. The summed E-state index contributed by atoms with van der Waals surface area (Å²) in [7, 11) is 4.61. The van der Waals surface area contributed by atoms with Gasteiger partial charge in [-0.3, -0.25) is 18.3 Å². The van der Waals surface area contributed by atoms with Gasteiger partial charge in [0.15, 0.2) is 16.5 Å². The summed E-state index contributed by atoms with van der Waals surface area (Å²) in [4.78, 5) is 30.1. The number of aryl methyl sites for hydroxylation is 1. The van der Waals surface area contributed by atoms with E-state index in [1.807, 2.05) is 31.2 Å². The maximum Gasteiger partial charge on any atom is 0.332 e. The molecule has 0 aliphatic rings. The number of hydrogen-bond donors (Lipinski definition) is 0. The summed E-state index contributed by atoms with van der Waals surface area (Å²) in [6, 6.07) is 7.36. The van der Waals surface area contributed by atoms with Gasteiger partial charge in [0.05, 0.1) is 7.11 Å². The van der Waals surface area contributed by atoms with E-state index >= 15 is 0 Å². The van der Waals surface area contributed by atoms with E-state index in [0.717, 1.165) is 15.7 Å². The number of aromatic nitrogens is 6. The number of methoxy groups -OCH3 is 1. The van der Waals surface area contributed by atoms with E-state index in [4.69, 9.17) is 9.72 Å². The Hall–Kier alpha value is -3.40. The maximum absolute atomic E-state index is 12.9. The number of hydrogen-bond acceptors (Lipinski definition) is 7. The molecule has 0 radical (unpaired) electrons. The second-order valence-electron chi connectivity index (χ2n) is 6.96. The molecule has 4 rings (SSSR count). The molecule has 0 saturated carbocycles. The molecule has 30 heavy (non-hydrogen) atoms. The maximum atomic E-state index is 12.9. The number of thioether (sulfide) groups is 1. The van der Waals surface area contributed by atoms with Crippen molar-refractivity contribution in [3.8, 4) is 17.1 Å². The van der Waals surface area contributed by atoms with Crippen LogP contribution >= 0.6 is 11.8 Å². The molecular formula is C20H20N6O3S. The molecule has 9 nitrogen and oxygen atoms in total. The molecule has 0 unspecified atom stereocenters. The van der Waals surface area contributed by atoms with Crippen molar-refractivity contribution in [3.05, 3.63) is 57.3 Å². The zero-order valence-corrected chi connectivity index (χ0v) is 17.9. The second kappa shape index (κ2) is 7.45. The average molecular weight is 424 g/mol. The first kappa shape index (κ1) is 19.9. The smallest absolute Gasteiger partial charge is 0.332 e. The monoisotopic (exact) mass is 424 g/mol. The van der Waals surface area contributed by atoms with Crippen LogP contribution < -0.4 is 16.0 Å². The van der Waals surface area contributed by atoms with Gasteiger partial charge in [-0.2, -0.15) is 0 Å². The predicted octanol–water partition coefficient (Wildman–Crippen LogP) is 2.02. The van der Waals surface area contributed by atoms with Crippen LogP contribution in [0.2, 0.25) is 0 Å². The van der Waals surface area contributed by atoms with Crippen molar-refractivity contribution in [2.24, 2.45) is 14.1 Å². The van der Waals surface area contributed by atoms with E-state index in [-0.39, 0.29) is 11.0 Å². The highest BCUT2D eigenvalue weighted by atomic mass is 32.2. The minimum atomic E-state index is -0.462. The van der Waals surface area contributed by atoms with E-state index in [0.29, 0.717) is 28.1 Å². The fourth-order valence-electron chi connectivity index (χ4n) is 3.15. The van der Waals surface area contributed by atoms with Crippen LogP contribution in [-0.2, 0) is 14.1 Å². The largest absolute Gasteiger partial charge is 0.497 e. The quantitative estimate of drug-likeness (QED) is 0.357. The minimum Gasteiger partial charge on any atom is -0.497 e. The van der Waals surface area contributed by atoms with Crippen LogP contribution in [0, 0.1) is 0 Å². The first-order valence-corrected chi connectivity index (χ1v) is 10.1. The number of fused-ring (bicyclic) bond motifs is 3. The van der Waals surface area contributed by atoms with Crippen molar-refractivity contribution in [1.29, 1.82) is 0 Å². The SMILES string of the molecule is C=C(C)CSc1nnc2c3c(=O)n(C)c(=O)n(C)c3nc(-c3ccc(OC)cc3)n12. The molecule has 1 aromatic carbocycles. The van der Waals surface area contributed by atoms with Gasteiger partial charge in [-0.1, -0.05) is 23.9 Å². The van der Waals surface area contributed by atoms with Gasteiger partial charge in [0.1, 0.15) is 17.0 Å². The molecule has 0 atom stereocenters.